The van der Waals surface area contributed by atoms with Gasteiger partial charge in [0.2, 0.25) is 6.04 Å². The van der Waals surface area contributed by atoms with Crippen LogP contribution < -0.4 is 4.90 Å². The summed E-state index contributed by atoms with van der Waals surface area (Å²) >= 11 is 0. The molecule has 1 aromatic rings. The number of carboxylic acids is 1. The van der Waals surface area contributed by atoms with Crippen LogP contribution in [-0.4, -0.2) is 23.7 Å². The number of benzene rings is 1. The minimum Gasteiger partial charge on any atom is -0.477 e. The molecular weight excluding hydrogens is 238 g/mol. The van der Waals surface area contributed by atoms with E-state index in [0.717, 1.165) is 35.4 Å². The molecule has 3 rings (SSSR count). The van der Waals surface area contributed by atoms with Gasteiger partial charge in [0.25, 0.3) is 0 Å². The Labute approximate surface area is 112 Å². The molecule has 3 heteroatoms. The molecule has 0 spiro atoms. The molecule has 0 aromatic heterocycles. The number of piperidine rings is 1. The molecule has 98 valence electrons. The first kappa shape index (κ1) is 12.2. The summed E-state index contributed by atoms with van der Waals surface area (Å²) in [6.45, 7) is 0.924. The van der Waals surface area contributed by atoms with E-state index in [-0.39, 0.29) is 0 Å². The van der Waals surface area contributed by atoms with E-state index in [1.807, 2.05) is 36.4 Å². The second-order valence-corrected chi connectivity index (χ2v) is 5.18. The Morgan fingerprint density at radius 2 is 1.95 bits per heavy atom. The van der Waals surface area contributed by atoms with Gasteiger partial charge in [0, 0.05) is 12.0 Å². The molecule has 2 atom stereocenters. The molecule has 1 saturated heterocycles. The summed E-state index contributed by atoms with van der Waals surface area (Å²) < 4.78 is 0. The van der Waals surface area contributed by atoms with Crippen LogP contribution in [0.15, 0.2) is 48.2 Å². The second kappa shape index (κ2) is 5.02. The van der Waals surface area contributed by atoms with Crippen LogP contribution in [0.25, 0.3) is 5.57 Å². The van der Waals surface area contributed by atoms with Crippen molar-refractivity contribution in [3.05, 3.63) is 53.7 Å². The molecule has 0 radical (unpaired) electrons. The number of allylic oxidation sites excluding steroid dienone is 3. The van der Waals surface area contributed by atoms with Gasteiger partial charge in [-0.3, -0.25) is 4.90 Å². The lowest BCUT2D eigenvalue weighted by molar-refractivity contribution is -0.875. The number of carboxylic acid groups (broad SMARTS) is 1. The zero-order valence-electron chi connectivity index (χ0n) is 10.8. The third-order valence-electron chi connectivity index (χ3n) is 4.03. The Morgan fingerprint density at radius 3 is 2.68 bits per heavy atom. The summed E-state index contributed by atoms with van der Waals surface area (Å²) in [5, 5.41) is 9.62. The maximum Gasteiger partial charge on any atom is 0.367 e. The normalized spacial score (nSPS) is 26.1. The lowest BCUT2D eigenvalue weighted by Crippen LogP contribution is -3.16. The minimum absolute atomic E-state index is 0.456. The molecule has 2 N–H and O–H groups in total. The van der Waals surface area contributed by atoms with Crippen molar-refractivity contribution in [2.45, 2.75) is 25.3 Å². The molecule has 0 bridgehead atoms. The molecule has 1 fully saturated rings. The lowest BCUT2D eigenvalue weighted by atomic mass is 9.90. The second-order valence-electron chi connectivity index (χ2n) is 5.18. The average Bonchev–Trinajstić information content (AvgIpc) is 2.46. The molecule has 0 saturated carbocycles. The molecule has 2 aliphatic heterocycles. The number of quaternary nitrogens is 1. The van der Waals surface area contributed by atoms with E-state index in [1.54, 1.807) is 0 Å². The fourth-order valence-electron chi connectivity index (χ4n) is 3.12. The van der Waals surface area contributed by atoms with Gasteiger partial charge in [-0.25, -0.2) is 4.79 Å². The Bertz CT molecular complexity index is 545. The number of nitrogens with one attached hydrogen (secondary N) is 1. The quantitative estimate of drug-likeness (QED) is 0.842. The summed E-state index contributed by atoms with van der Waals surface area (Å²) in [5.74, 6) is -0.724. The van der Waals surface area contributed by atoms with E-state index in [0.29, 0.717) is 0 Å². The van der Waals surface area contributed by atoms with Gasteiger partial charge < -0.3 is 5.11 Å². The van der Waals surface area contributed by atoms with Crippen LogP contribution in [-0.2, 0) is 4.79 Å². The summed E-state index contributed by atoms with van der Waals surface area (Å²) in [5.41, 5.74) is 3.19. The predicted octanol–water partition coefficient (Wildman–Crippen LogP) is 1.49. The molecule has 19 heavy (non-hydrogen) atoms. The van der Waals surface area contributed by atoms with Crippen molar-refractivity contribution < 1.29 is 14.8 Å². The van der Waals surface area contributed by atoms with Crippen molar-refractivity contribution in [2.75, 3.05) is 6.54 Å². The van der Waals surface area contributed by atoms with Crippen LogP contribution in [0.5, 0.6) is 0 Å². The number of aliphatic carboxylic acids is 1. The Kier molecular flexibility index (Phi) is 3.22. The smallest absolute Gasteiger partial charge is 0.367 e. The minimum atomic E-state index is -0.724. The van der Waals surface area contributed by atoms with Crippen LogP contribution in [0.1, 0.15) is 24.8 Å². The molecular formula is C16H18NO2+. The number of rotatable bonds is 2. The van der Waals surface area contributed by atoms with Crippen molar-refractivity contribution in [3.63, 3.8) is 0 Å². The third-order valence-corrected chi connectivity index (χ3v) is 4.03. The zero-order chi connectivity index (χ0) is 13.2. The number of hydrogen-bond donors (Lipinski definition) is 2. The standard InChI is InChI=1S/C16H17NO2/c18-16(19)15-14(12-6-2-1-3-7-12)10-9-13-8-4-5-11-17(13)15/h1-3,6-7,9-10,15H,4-5,8,11H2,(H,18,19)/p+1. The van der Waals surface area contributed by atoms with E-state index in [1.165, 1.54) is 12.1 Å². The highest BCUT2D eigenvalue weighted by Crippen LogP contribution is 2.23. The van der Waals surface area contributed by atoms with E-state index in [2.05, 4.69) is 6.08 Å². The molecule has 0 amide bonds. The summed E-state index contributed by atoms with van der Waals surface area (Å²) in [7, 11) is 0. The first-order valence-corrected chi connectivity index (χ1v) is 6.82. The maximum atomic E-state index is 11.7. The summed E-state index contributed by atoms with van der Waals surface area (Å²) in [4.78, 5) is 12.8. The van der Waals surface area contributed by atoms with Crippen LogP contribution in [0, 0.1) is 0 Å². The molecule has 3 nitrogen and oxygen atoms in total. The van der Waals surface area contributed by atoms with Crippen LogP contribution in [0.2, 0.25) is 0 Å². The van der Waals surface area contributed by atoms with Gasteiger partial charge in [0.05, 0.1) is 6.54 Å². The van der Waals surface area contributed by atoms with E-state index in [9.17, 15) is 9.90 Å². The third kappa shape index (κ3) is 2.22. The van der Waals surface area contributed by atoms with Gasteiger partial charge in [-0.1, -0.05) is 30.3 Å². The van der Waals surface area contributed by atoms with Gasteiger partial charge in [-0.05, 0) is 30.6 Å². The zero-order valence-corrected chi connectivity index (χ0v) is 10.8. The predicted molar refractivity (Wildman–Crippen MR) is 73.6 cm³/mol. The monoisotopic (exact) mass is 256 g/mol. The van der Waals surface area contributed by atoms with Crippen LogP contribution in [0.4, 0.5) is 0 Å². The van der Waals surface area contributed by atoms with Gasteiger partial charge in [-0.15, -0.1) is 0 Å². The highest BCUT2D eigenvalue weighted by Gasteiger charge is 2.39. The van der Waals surface area contributed by atoms with Gasteiger partial charge in [-0.2, -0.15) is 0 Å². The molecule has 1 aromatic carbocycles. The molecule has 2 unspecified atom stereocenters. The van der Waals surface area contributed by atoms with E-state index in [4.69, 9.17) is 0 Å². The maximum absolute atomic E-state index is 11.7. The Hall–Kier alpha value is -1.87. The first-order valence-electron chi connectivity index (χ1n) is 6.82. The van der Waals surface area contributed by atoms with Crippen molar-refractivity contribution in [3.8, 4) is 0 Å². The van der Waals surface area contributed by atoms with E-state index < -0.39 is 12.0 Å². The topological polar surface area (TPSA) is 41.7 Å². The SMILES string of the molecule is O=C(O)C1C(c2ccccc2)=CC=C2CCCC[NH+]21. The fourth-order valence-corrected chi connectivity index (χ4v) is 3.12. The summed E-state index contributed by atoms with van der Waals surface area (Å²) in [6, 6.07) is 9.40. The van der Waals surface area contributed by atoms with Gasteiger partial charge >= 0.3 is 5.97 Å². The van der Waals surface area contributed by atoms with Gasteiger partial charge in [0.15, 0.2) is 0 Å². The number of carbonyl (C=O) groups is 1. The lowest BCUT2D eigenvalue weighted by Gasteiger charge is -2.34. The largest absolute Gasteiger partial charge is 0.477 e. The van der Waals surface area contributed by atoms with E-state index >= 15 is 0 Å². The van der Waals surface area contributed by atoms with Crippen molar-refractivity contribution >= 4 is 11.5 Å². The van der Waals surface area contributed by atoms with Gasteiger partial charge in [0.1, 0.15) is 5.70 Å². The van der Waals surface area contributed by atoms with Crippen molar-refractivity contribution in [1.82, 2.24) is 0 Å². The average molecular weight is 256 g/mol. The Morgan fingerprint density at radius 1 is 1.16 bits per heavy atom. The number of fused-ring (bicyclic) bond motifs is 1. The molecule has 0 aliphatic carbocycles. The number of hydrogen-bond acceptors (Lipinski definition) is 1. The molecule has 2 heterocycles. The van der Waals surface area contributed by atoms with Crippen molar-refractivity contribution in [2.24, 2.45) is 0 Å². The van der Waals surface area contributed by atoms with Crippen LogP contribution >= 0.6 is 0 Å². The molecule has 2 aliphatic rings. The highest BCUT2D eigenvalue weighted by molar-refractivity contribution is 5.90. The summed E-state index contributed by atoms with van der Waals surface area (Å²) in [6.07, 6.45) is 7.43. The fraction of sp³-hybridized carbons (Fsp3) is 0.312. The highest BCUT2D eigenvalue weighted by atomic mass is 16.4. The van der Waals surface area contributed by atoms with Crippen molar-refractivity contribution in [1.29, 1.82) is 0 Å². The Balaban J connectivity index is 2.04. The van der Waals surface area contributed by atoms with Crippen LogP contribution in [0.3, 0.4) is 0 Å². The first-order chi connectivity index (χ1) is 9.27.